The largest absolute Gasteiger partial charge is 0.477 e. The van der Waals surface area contributed by atoms with Crippen LogP contribution in [0.1, 0.15) is 13.3 Å². The SMILES string of the molecule is CCOc1cncc(N2CCCNCC2)n1. The van der Waals surface area contributed by atoms with Crippen molar-refractivity contribution in [2.45, 2.75) is 13.3 Å². The molecule has 1 saturated heterocycles. The summed E-state index contributed by atoms with van der Waals surface area (Å²) in [4.78, 5) is 10.8. The first-order chi connectivity index (χ1) is 7.90. The minimum Gasteiger partial charge on any atom is -0.477 e. The van der Waals surface area contributed by atoms with E-state index in [0.29, 0.717) is 12.5 Å². The molecular weight excluding hydrogens is 204 g/mol. The predicted octanol–water partition coefficient (Wildman–Crippen LogP) is 0.675. The van der Waals surface area contributed by atoms with E-state index in [-0.39, 0.29) is 0 Å². The van der Waals surface area contributed by atoms with E-state index in [4.69, 9.17) is 4.74 Å². The van der Waals surface area contributed by atoms with Gasteiger partial charge in [0.05, 0.1) is 19.0 Å². The third-order valence-corrected chi connectivity index (χ3v) is 2.56. The minimum absolute atomic E-state index is 0.609. The maximum atomic E-state index is 5.35. The zero-order chi connectivity index (χ0) is 11.2. The molecule has 2 heterocycles. The molecule has 1 fully saturated rings. The van der Waals surface area contributed by atoms with Gasteiger partial charge in [-0.2, -0.15) is 4.98 Å². The molecule has 5 nitrogen and oxygen atoms in total. The van der Waals surface area contributed by atoms with Crippen LogP contribution in [0.3, 0.4) is 0 Å². The molecular formula is C11H18N4O. The molecule has 1 aliphatic rings. The molecule has 0 spiro atoms. The quantitative estimate of drug-likeness (QED) is 0.815. The highest BCUT2D eigenvalue weighted by molar-refractivity contribution is 5.37. The van der Waals surface area contributed by atoms with Gasteiger partial charge in [0.15, 0.2) is 5.82 Å². The summed E-state index contributed by atoms with van der Waals surface area (Å²) < 4.78 is 5.35. The number of anilines is 1. The van der Waals surface area contributed by atoms with E-state index in [1.165, 1.54) is 0 Å². The Morgan fingerprint density at radius 1 is 1.38 bits per heavy atom. The topological polar surface area (TPSA) is 50.3 Å². The first kappa shape index (κ1) is 11.1. The molecule has 16 heavy (non-hydrogen) atoms. The number of aromatic nitrogens is 2. The van der Waals surface area contributed by atoms with Crippen molar-refractivity contribution < 1.29 is 4.74 Å². The smallest absolute Gasteiger partial charge is 0.234 e. The minimum atomic E-state index is 0.609. The summed E-state index contributed by atoms with van der Waals surface area (Å²) in [7, 11) is 0. The van der Waals surface area contributed by atoms with Crippen LogP contribution in [0.2, 0.25) is 0 Å². The molecule has 1 aromatic rings. The van der Waals surface area contributed by atoms with Crippen molar-refractivity contribution in [1.82, 2.24) is 15.3 Å². The predicted molar refractivity (Wildman–Crippen MR) is 62.9 cm³/mol. The number of hydrogen-bond acceptors (Lipinski definition) is 5. The third kappa shape index (κ3) is 2.82. The average molecular weight is 222 g/mol. The van der Waals surface area contributed by atoms with Crippen LogP contribution in [-0.2, 0) is 0 Å². The highest BCUT2D eigenvalue weighted by Gasteiger charge is 2.11. The van der Waals surface area contributed by atoms with Gasteiger partial charge in [-0.1, -0.05) is 0 Å². The van der Waals surface area contributed by atoms with E-state index in [0.717, 1.165) is 38.4 Å². The standard InChI is InChI=1S/C11H18N4O/c1-2-16-11-9-13-8-10(14-11)15-6-3-4-12-5-7-15/h8-9,12H,2-7H2,1H3. The van der Waals surface area contributed by atoms with Gasteiger partial charge in [0.25, 0.3) is 0 Å². The first-order valence-electron chi connectivity index (χ1n) is 5.80. The molecule has 0 atom stereocenters. The number of rotatable bonds is 3. The number of nitrogens with zero attached hydrogens (tertiary/aromatic N) is 3. The van der Waals surface area contributed by atoms with Crippen molar-refractivity contribution in [1.29, 1.82) is 0 Å². The van der Waals surface area contributed by atoms with E-state index in [2.05, 4.69) is 20.2 Å². The van der Waals surface area contributed by atoms with Gasteiger partial charge >= 0.3 is 0 Å². The molecule has 1 N–H and O–H groups in total. The zero-order valence-electron chi connectivity index (χ0n) is 9.65. The molecule has 0 radical (unpaired) electrons. The number of hydrogen-bond donors (Lipinski definition) is 1. The second-order valence-corrected chi connectivity index (χ2v) is 3.74. The first-order valence-corrected chi connectivity index (χ1v) is 5.80. The molecule has 88 valence electrons. The lowest BCUT2D eigenvalue weighted by Crippen LogP contribution is -2.28. The van der Waals surface area contributed by atoms with Crippen molar-refractivity contribution in [2.24, 2.45) is 0 Å². The molecule has 1 aromatic heterocycles. The molecule has 0 aliphatic carbocycles. The Kier molecular flexibility index (Phi) is 3.93. The fourth-order valence-corrected chi connectivity index (χ4v) is 1.78. The van der Waals surface area contributed by atoms with Gasteiger partial charge in [0, 0.05) is 19.6 Å². The van der Waals surface area contributed by atoms with Gasteiger partial charge < -0.3 is 15.0 Å². The highest BCUT2D eigenvalue weighted by atomic mass is 16.5. The lowest BCUT2D eigenvalue weighted by molar-refractivity contribution is 0.325. The van der Waals surface area contributed by atoms with Crippen molar-refractivity contribution in [2.75, 3.05) is 37.7 Å². The van der Waals surface area contributed by atoms with Crippen molar-refractivity contribution in [3.8, 4) is 5.88 Å². The highest BCUT2D eigenvalue weighted by Crippen LogP contribution is 2.14. The summed E-state index contributed by atoms with van der Waals surface area (Å²) in [6.07, 6.45) is 4.59. The second-order valence-electron chi connectivity index (χ2n) is 3.74. The van der Waals surface area contributed by atoms with Crippen LogP contribution < -0.4 is 15.0 Å². The molecule has 2 rings (SSSR count). The average Bonchev–Trinajstić information content (AvgIpc) is 2.58. The van der Waals surface area contributed by atoms with Gasteiger partial charge in [-0.25, -0.2) is 0 Å². The Hall–Kier alpha value is -1.36. The number of ether oxygens (including phenoxy) is 1. The summed E-state index contributed by atoms with van der Waals surface area (Å²) in [5.41, 5.74) is 0. The molecule has 0 bridgehead atoms. The molecule has 0 amide bonds. The van der Waals surface area contributed by atoms with Crippen molar-refractivity contribution in [3.63, 3.8) is 0 Å². The fraction of sp³-hybridized carbons (Fsp3) is 0.636. The van der Waals surface area contributed by atoms with Gasteiger partial charge in [0.1, 0.15) is 0 Å². The van der Waals surface area contributed by atoms with E-state index in [1.54, 1.807) is 12.4 Å². The summed E-state index contributed by atoms with van der Waals surface area (Å²) in [6.45, 7) is 6.65. The van der Waals surface area contributed by atoms with Gasteiger partial charge in [-0.3, -0.25) is 4.98 Å². The Balaban J connectivity index is 2.08. The monoisotopic (exact) mass is 222 g/mol. The Labute approximate surface area is 95.8 Å². The van der Waals surface area contributed by atoms with Crippen LogP contribution in [0.4, 0.5) is 5.82 Å². The maximum absolute atomic E-state index is 5.35. The van der Waals surface area contributed by atoms with Crippen LogP contribution in [-0.4, -0.2) is 42.8 Å². The maximum Gasteiger partial charge on any atom is 0.234 e. The van der Waals surface area contributed by atoms with Crippen LogP contribution in [0.25, 0.3) is 0 Å². The van der Waals surface area contributed by atoms with Crippen LogP contribution in [0.15, 0.2) is 12.4 Å². The molecule has 5 heteroatoms. The molecule has 1 aliphatic heterocycles. The van der Waals surface area contributed by atoms with Crippen LogP contribution in [0.5, 0.6) is 5.88 Å². The summed E-state index contributed by atoms with van der Waals surface area (Å²) in [5.74, 6) is 1.52. The van der Waals surface area contributed by atoms with Crippen molar-refractivity contribution in [3.05, 3.63) is 12.4 Å². The van der Waals surface area contributed by atoms with Gasteiger partial charge in [-0.15, -0.1) is 0 Å². The van der Waals surface area contributed by atoms with Crippen LogP contribution in [0, 0.1) is 0 Å². The lowest BCUT2D eigenvalue weighted by atomic mass is 10.4. The zero-order valence-corrected chi connectivity index (χ0v) is 9.65. The van der Waals surface area contributed by atoms with Crippen LogP contribution >= 0.6 is 0 Å². The van der Waals surface area contributed by atoms with Gasteiger partial charge in [-0.05, 0) is 19.9 Å². The Morgan fingerprint density at radius 3 is 3.19 bits per heavy atom. The molecule has 0 unspecified atom stereocenters. The Bertz CT molecular complexity index is 324. The third-order valence-electron chi connectivity index (χ3n) is 2.56. The second kappa shape index (κ2) is 5.65. The summed E-state index contributed by atoms with van der Waals surface area (Å²) >= 11 is 0. The Morgan fingerprint density at radius 2 is 2.31 bits per heavy atom. The van der Waals surface area contributed by atoms with E-state index >= 15 is 0 Å². The van der Waals surface area contributed by atoms with Crippen molar-refractivity contribution >= 4 is 5.82 Å². The summed E-state index contributed by atoms with van der Waals surface area (Å²) in [5, 5.41) is 3.37. The fourth-order valence-electron chi connectivity index (χ4n) is 1.78. The number of nitrogens with one attached hydrogen (secondary N) is 1. The lowest BCUT2D eigenvalue weighted by Gasteiger charge is -2.20. The normalized spacial score (nSPS) is 16.9. The summed E-state index contributed by atoms with van der Waals surface area (Å²) in [6, 6.07) is 0. The van der Waals surface area contributed by atoms with E-state index in [1.807, 2.05) is 6.92 Å². The van der Waals surface area contributed by atoms with E-state index in [9.17, 15) is 0 Å². The van der Waals surface area contributed by atoms with Gasteiger partial charge in [0.2, 0.25) is 5.88 Å². The molecule has 0 aromatic carbocycles. The molecule has 0 saturated carbocycles. The van der Waals surface area contributed by atoms with E-state index < -0.39 is 0 Å².